The second-order valence-corrected chi connectivity index (χ2v) is 5.03. The normalized spacial score (nSPS) is 11.2. The van der Waals surface area contributed by atoms with Crippen molar-refractivity contribution in [1.82, 2.24) is 0 Å². The van der Waals surface area contributed by atoms with Crippen LogP contribution in [0.4, 0.5) is 0 Å². The molecule has 0 fully saturated rings. The predicted molar refractivity (Wildman–Crippen MR) is 80.4 cm³/mol. The molecule has 0 aliphatic heterocycles. The van der Waals surface area contributed by atoms with Crippen molar-refractivity contribution in [1.29, 1.82) is 0 Å². The summed E-state index contributed by atoms with van der Waals surface area (Å²) in [4.78, 5) is 0. The second-order valence-electron chi connectivity index (χ2n) is 5.03. The van der Waals surface area contributed by atoms with Crippen molar-refractivity contribution in [3.63, 3.8) is 0 Å². The molecule has 0 radical (unpaired) electrons. The van der Waals surface area contributed by atoms with Crippen LogP contribution in [0.2, 0.25) is 0 Å². The largest absolute Gasteiger partial charge is 0.325 e. The van der Waals surface area contributed by atoms with Crippen LogP contribution >= 0.6 is 17.0 Å². The van der Waals surface area contributed by atoms with E-state index < -0.39 is 0 Å². The van der Waals surface area contributed by atoms with Gasteiger partial charge in [0.25, 0.3) is 0 Å². The molecule has 0 atom stereocenters. The first-order chi connectivity index (χ1) is 7.18. The molecule has 0 aliphatic carbocycles. The molecule has 100 valence electrons. The lowest BCUT2D eigenvalue weighted by molar-refractivity contribution is 0.310. The van der Waals surface area contributed by atoms with Gasteiger partial charge in [-0.05, 0) is 19.3 Å². The van der Waals surface area contributed by atoms with Crippen molar-refractivity contribution in [3.8, 4) is 0 Å². The average molecular weight is 294 g/mol. The summed E-state index contributed by atoms with van der Waals surface area (Å²) in [5.74, 6) is 0. The molecule has 0 amide bonds. The fraction of sp³-hybridized carbons (Fsp3) is 1.00. The molecule has 0 bridgehead atoms. The highest BCUT2D eigenvalue weighted by molar-refractivity contribution is 8.93. The molecule has 0 spiro atoms. The quantitative estimate of drug-likeness (QED) is 0.549. The van der Waals surface area contributed by atoms with Crippen LogP contribution in [0.1, 0.15) is 85.0 Å². The Bertz CT molecular complexity index is 129. The van der Waals surface area contributed by atoms with E-state index in [1.54, 1.807) is 0 Å². The third-order valence-electron chi connectivity index (χ3n) is 3.33. The Morgan fingerprint density at radius 1 is 0.688 bits per heavy atom. The van der Waals surface area contributed by atoms with Crippen molar-refractivity contribution < 1.29 is 0 Å². The molecule has 0 rings (SSSR count). The molecule has 2 N–H and O–H groups in total. The lowest BCUT2D eigenvalue weighted by Crippen LogP contribution is -2.39. The number of nitrogens with two attached hydrogens (primary N) is 1. The van der Waals surface area contributed by atoms with Crippen LogP contribution in [0.15, 0.2) is 0 Å². The second kappa shape index (κ2) is 11.9. The van der Waals surface area contributed by atoms with Gasteiger partial charge < -0.3 is 5.73 Å². The highest BCUT2D eigenvalue weighted by atomic mass is 79.9. The number of rotatable bonds is 10. The zero-order valence-electron chi connectivity index (χ0n) is 11.6. The molecule has 0 aromatic carbocycles. The van der Waals surface area contributed by atoms with Crippen LogP contribution in [0.5, 0.6) is 0 Å². The van der Waals surface area contributed by atoms with E-state index in [4.69, 9.17) is 5.73 Å². The fourth-order valence-electron chi connectivity index (χ4n) is 2.16. The summed E-state index contributed by atoms with van der Waals surface area (Å²) >= 11 is 0. The minimum Gasteiger partial charge on any atom is -0.325 e. The molecule has 2 heteroatoms. The monoisotopic (exact) mass is 293 g/mol. The van der Waals surface area contributed by atoms with E-state index in [9.17, 15) is 0 Å². The van der Waals surface area contributed by atoms with E-state index in [1.165, 1.54) is 64.2 Å². The molecule has 0 aromatic rings. The predicted octanol–water partition coefficient (Wildman–Crippen LogP) is 5.22. The number of halogens is 1. The van der Waals surface area contributed by atoms with E-state index in [-0.39, 0.29) is 22.5 Å². The van der Waals surface area contributed by atoms with Crippen LogP contribution in [0, 0.1) is 0 Å². The first kappa shape index (κ1) is 18.8. The summed E-state index contributed by atoms with van der Waals surface area (Å²) in [6.45, 7) is 6.77. The van der Waals surface area contributed by atoms with E-state index >= 15 is 0 Å². The Balaban J connectivity index is 0. The minimum absolute atomic E-state index is 0. The van der Waals surface area contributed by atoms with Crippen molar-refractivity contribution in [2.24, 2.45) is 5.73 Å². The van der Waals surface area contributed by atoms with Gasteiger partial charge in [0, 0.05) is 5.54 Å². The summed E-state index contributed by atoms with van der Waals surface area (Å²) in [7, 11) is 0. The van der Waals surface area contributed by atoms with Crippen LogP contribution in [0.25, 0.3) is 0 Å². The van der Waals surface area contributed by atoms with E-state index in [0.717, 1.165) is 0 Å². The summed E-state index contributed by atoms with van der Waals surface area (Å²) in [6.07, 6.45) is 12.8. The Kier molecular flexibility index (Phi) is 14.0. The lowest BCUT2D eigenvalue weighted by atomic mass is 9.83. The summed E-state index contributed by atoms with van der Waals surface area (Å²) in [5.41, 5.74) is 6.66. The maximum Gasteiger partial charge on any atom is 0.0154 e. The number of hydrogen-bond acceptors (Lipinski definition) is 1. The van der Waals surface area contributed by atoms with Gasteiger partial charge in [-0.25, -0.2) is 0 Å². The molecule has 0 saturated heterocycles. The van der Waals surface area contributed by atoms with Crippen molar-refractivity contribution >= 4 is 17.0 Å². The number of unbranched alkanes of at least 4 members (excludes halogenated alkanes) is 4. The third kappa shape index (κ3) is 9.65. The standard InChI is InChI=1S/C14H31N.BrH/c1-4-7-10-13-14(15,11-8-5-2)12-9-6-3;/h4-13,15H2,1-3H3;1H. The Morgan fingerprint density at radius 2 is 1.06 bits per heavy atom. The molecule has 16 heavy (non-hydrogen) atoms. The van der Waals surface area contributed by atoms with Gasteiger partial charge in [-0.15, -0.1) is 17.0 Å². The van der Waals surface area contributed by atoms with Gasteiger partial charge in [0.1, 0.15) is 0 Å². The first-order valence-corrected chi connectivity index (χ1v) is 6.97. The van der Waals surface area contributed by atoms with Gasteiger partial charge in [-0.2, -0.15) is 0 Å². The maximum absolute atomic E-state index is 6.51. The molecule has 0 aliphatic rings. The van der Waals surface area contributed by atoms with Crippen LogP contribution in [0.3, 0.4) is 0 Å². The third-order valence-corrected chi connectivity index (χ3v) is 3.33. The topological polar surface area (TPSA) is 26.0 Å². The maximum atomic E-state index is 6.51. The van der Waals surface area contributed by atoms with Gasteiger partial charge in [0.2, 0.25) is 0 Å². The Hall–Kier alpha value is 0.440. The summed E-state index contributed by atoms with van der Waals surface area (Å²) < 4.78 is 0. The molecule has 0 heterocycles. The number of hydrogen-bond donors (Lipinski definition) is 1. The van der Waals surface area contributed by atoms with Gasteiger partial charge >= 0.3 is 0 Å². The molecule has 0 saturated carbocycles. The van der Waals surface area contributed by atoms with E-state index in [0.29, 0.717) is 0 Å². The SMILES string of the molecule is Br.CCCCCC(N)(CCCC)CCCC. The molecular formula is C14H32BrN. The molecule has 1 nitrogen and oxygen atoms in total. The Labute approximate surface area is 113 Å². The Morgan fingerprint density at radius 3 is 1.44 bits per heavy atom. The van der Waals surface area contributed by atoms with Gasteiger partial charge in [0.15, 0.2) is 0 Å². The van der Waals surface area contributed by atoms with Crippen LogP contribution < -0.4 is 5.73 Å². The first-order valence-electron chi connectivity index (χ1n) is 6.97. The van der Waals surface area contributed by atoms with Crippen molar-refractivity contribution in [2.75, 3.05) is 0 Å². The smallest absolute Gasteiger partial charge is 0.0154 e. The average Bonchev–Trinajstić information content (AvgIpc) is 2.24. The molecule has 0 unspecified atom stereocenters. The molecule has 0 aromatic heterocycles. The van der Waals surface area contributed by atoms with E-state index in [2.05, 4.69) is 20.8 Å². The molecular weight excluding hydrogens is 262 g/mol. The lowest BCUT2D eigenvalue weighted by Gasteiger charge is -2.29. The van der Waals surface area contributed by atoms with Crippen LogP contribution in [-0.2, 0) is 0 Å². The fourth-order valence-corrected chi connectivity index (χ4v) is 2.16. The van der Waals surface area contributed by atoms with Crippen LogP contribution in [-0.4, -0.2) is 5.54 Å². The van der Waals surface area contributed by atoms with Gasteiger partial charge in [0.05, 0.1) is 0 Å². The van der Waals surface area contributed by atoms with Gasteiger partial charge in [-0.1, -0.05) is 65.7 Å². The zero-order chi connectivity index (χ0) is 11.6. The zero-order valence-corrected chi connectivity index (χ0v) is 13.3. The van der Waals surface area contributed by atoms with Crippen molar-refractivity contribution in [3.05, 3.63) is 0 Å². The highest BCUT2D eigenvalue weighted by Gasteiger charge is 2.22. The minimum atomic E-state index is 0. The van der Waals surface area contributed by atoms with Crippen molar-refractivity contribution in [2.45, 2.75) is 90.5 Å². The highest BCUT2D eigenvalue weighted by Crippen LogP contribution is 2.25. The summed E-state index contributed by atoms with van der Waals surface area (Å²) in [5, 5.41) is 0. The van der Waals surface area contributed by atoms with E-state index in [1.807, 2.05) is 0 Å². The van der Waals surface area contributed by atoms with Gasteiger partial charge in [-0.3, -0.25) is 0 Å². The summed E-state index contributed by atoms with van der Waals surface area (Å²) in [6, 6.07) is 0.